The molecule has 24 heavy (non-hydrogen) atoms. The summed E-state index contributed by atoms with van der Waals surface area (Å²) in [6.07, 6.45) is 4.48. The molecule has 3 nitrogen and oxygen atoms in total. The van der Waals surface area contributed by atoms with Gasteiger partial charge in [-0.2, -0.15) is 0 Å². The van der Waals surface area contributed by atoms with Crippen molar-refractivity contribution in [3.05, 3.63) is 76.8 Å². The van der Waals surface area contributed by atoms with E-state index in [0.29, 0.717) is 5.56 Å². The summed E-state index contributed by atoms with van der Waals surface area (Å²) in [5.41, 5.74) is 2.48. The molecule has 6 heteroatoms. The van der Waals surface area contributed by atoms with Crippen LogP contribution in [-0.2, 0) is 4.79 Å². The molecule has 1 amide bonds. The van der Waals surface area contributed by atoms with Crippen molar-refractivity contribution in [1.82, 2.24) is 4.98 Å². The van der Waals surface area contributed by atoms with E-state index in [1.165, 1.54) is 23.5 Å². The normalized spacial score (nSPS) is 10.9. The minimum atomic E-state index is -0.826. The zero-order valence-corrected chi connectivity index (χ0v) is 13.2. The van der Waals surface area contributed by atoms with E-state index >= 15 is 0 Å². The van der Waals surface area contributed by atoms with Crippen molar-refractivity contribution in [3.63, 3.8) is 0 Å². The first kappa shape index (κ1) is 16.0. The lowest BCUT2D eigenvalue weighted by molar-refractivity contribution is -0.111. The molecule has 0 fully saturated rings. The highest BCUT2D eigenvalue weighted by Gasteiger charge is 2.14. The lowest BCUT2D eigenvalue weighted by Gasteiger charge is -2.12. The van der Waals surface area contributed by atoms with E-state index in [9.17, 15) is 13.6 Å². The Labute approximate surface area is 141 Å². The van der Waals surface area contributed by atoms with Crippen LogP contribution in [0.1, 0.15) is 4.88 Å². The number of aromatic nitrogens is 1. The lowest BCUT2D eigenvalue weighted by Crippen LogP contribution is -2.11. The second kappa shape index (κ2) is 7.14. The highest BCUT2D eigenvalue weighted by Crippen LogP contribution is 2.31. The Morgan fingerprint density at radius 2 is 1.96 bits per heavy atom. The third-order valence-electron chi connectivity index (χ3n) is 3.24. The van der Waals surface area contributed by atoms with Crippen molar-refractivity contribution in [2.75, 3.05) is 5.32 Å². The van der Waals surface area contributed by atoms with Gasteiger partial charge in [0.05, 0.1) is 11.2 Å². The Morgan fingerprint density at radius 1 is 1.17 bits per heavy atom. The molecule has 0 saturated heterocycles. The van der Waals surface area contributed by atoms with E-state index in [1.807, 2.05) is 0 Å². The van der Waals surface area contributed by atoms with Crippen LogP contribution in [0.3, 0.4) is 0 Å². The number of rotatable bonds is 4. The number of carbonyl (C=O) groups excluding carboxylic acids is 1. The van der Waals surface area contributed by atoms with Crippen molar-refractivity contribution in [3.8, 4) is 11.1 Å². The fourth-order valence-electron chi connectivity index (χ4n) is 2.18. The summed E-state index contributed by atoms with van der Waals surface area (Å²) in [5, 5.41) is 2.48. The summed E-state index contributed by atoms with van der Waals surface area (Å²) in [7, 11) is 0. The number of anilines is 1. The maximum Gasteiger partial charge on any atom is 0.248 e. The number of hydrogen-bond donors (Lipinski definition) is 1. The number of nitrogens with zero attached hydrogens (tertiary/aromatic N) is 1. The van der Waals surface area contributed by atoms with Gasteiger partial charge in [0.25, 0.3) is 0 Å². The highest BCUT2D eigenvalue weighted by atomic mass is 32.1. The van der Waals surface area contributed by atoms with Gasteiger partial charge in [0.1, 0.15) is 11.6 Å². The second-order valence-corrected chi connectivity index (χ2v) is 5.82. The Bertz CT molecular complexity index is 878. The standard InChI is InChI=1S/C18H12F2N2OS/c19-13-8-15(12-4-2-1-3-5-12)18(16(20)9-13)22-17(23)7-6-14-10-21-11-24-14/h1-11H,(H,22,23)/b7-6+. The molecule has 3 aromatic rings. The van der Waals surface area contributed by atoms with E-state index in [0.717, 1.165) is 10.9 Å². The van der Waals surface area contributed by atoms with Crippen LogP contribution in [-0.4, -0.2) is 10.9 Å². The molecule has 1 N–H and O–H groups in total. The molecule has 0 atom stereocenters. The summed E-state index contributed by atoms with van der Waals surface area (Å²) in [4.78, 5) is 16.7. The third-order valence-corrected chi connectivity index (χ3v) is 3.98. The number of halogens is 2. The third kappa shape index (κ3) is 3.72. The summed E-state index contributed by atoms with van der Waals surface area (Å²) >= 11 is 1.37. The van der Waals surface area contributed by atoms with Crippen LogP contribution in [0, 0.1) is 11.6 Å². The first-order valence-electron chi connectivity index (χ1n) is 7.05. The van der Waals surface area contributed by atoms with Gasteiger partial charge in [-0.15, -0.1) is 11.3 Å². The molecular formula is C18H12F2N2OS. The Balaban J connectivity index is 1.91. The monoisotopic (exact) mass is 342 g/mol. The van der Waals surface area contributed by atoms with Crippen LogP contribution >= 0.6 is 11.3 Å². The van der Waals surface area contributed by atoms with E-state index in [1.54, 1.807) is 48.1 Å². The van der Waals surface area contributed by atoms with Gasteiger partial charge < -0.3 is 5.32 Å². The molecule has 0 aliphatic rings. The largest absolute Gasteiger partial charge is 0.319 e. The maximum absolute atomic E-state index is 14.2. The zero-order chi connectivity index (χ0) is 16.9. The summed E-state index contributed by atoms with van der Waals surface area (Å²) in [5.74, 6) is -2.04. The smallest absolute Gasteiger partial charge is 0.248 e. The number of thiazole rings is 1. The predicted octanol–water partition coefficient (Wildman–Crippen LogP) is 4.74. The SMILES string of the molecule is O=C(/C=C/c1cncs1)Nc1c(F)cc(F)cc1-c1ccccc1. The molecule has 0 bridgehead atoms. The van der Waals surface area contributed by atoms with Crippen molar-refractivity contribution in [2.24, 2.45) is 0 Å². The fourth-order valence-corrected chi connectivity index (χ4v) is 2.69. The molecule has 0 saturated carbocycles. The minimum absolute atomic E-state index is 0.0541. The Morgan fingerprint density at radius 3 is 2.67 bits per heavy atom. The molecule has 2 aromatic carbocycles. The van der Waals surface area contributed by atoms with Gasteiger partial charge in [-0.1, -0.05) is 30.3 Å². The van der Waals surface area contributed by atoms with Crippen molar-refractivity contribution < 1.29 is 13.6 Å². The number of hydrogen-bond acceptors (Lipinski definition) is 3. The maximum atomic E-state index is 14.2. The Kier molecular flexibility index (Phi) is 4.77. The second-order valence-electron chi connectivity index (χ2n) is 4.90. The van der Waals surface area contributed by atoms with E-state index < -0.39 is 17.5 Å². The van der Waals surface area contributed by atoms with Crippen molar-refractivity contribution in [2.45, 2.75) is 0 Å². The number of nitrogens with one attached hydrogen (secondary N) is 1. The number of carbonyl (C=O) groups is 1. The molecule has 0 radical (unpaired) electrons. The van der Waals surface area contributed by atoms with Crippen LogP contribution in [0.2, 0.25) is 0 Å². The quantitative estimate of drug-likeness (QED) is 0.696. The minimum Gasteiger partial charge on any atom is -0.319 e. The van der Waals surface area contributed by atoms with Crippen LogP contribution in [0.4, 0.5) is 14.5 Å². The average Bonchev–Trinajstić information content (AvgIpc) is 3.09. The highest BCUT2D eigenvalue weighted by molar-refractivity contribution is 7.10. The zero-order valence-electron chi connectivity index (χ0n) is 12.4. The molecule has 3 rings (SSSR count). The molecule has 1 aromatic heterocycles. The van der Waals surface area contributed by atoms with Gasteiger partial charge in [-0.05, 0) is 17.7 Å². The van der Waals surface area contributed by atoms with Gasteiger partial charge in [0, 0.05) is 28.8 Å². The topological polar surface area (TPSA) is 42.0 Å². The molecule has 0 spiro atoms. The van der Waals surface area contributed by atoms with Crippen LogP contribution in [0.5, 0.6) is 0 Å². The number of amides is 1. The molecule has 0 aliphatic heterocycles. The van der Waals surface area contributed by atoms with Gasteiger partial charge in [0.2, 0.25) is 5.91 Å². The van der Waals surface area contributed by atoms with Gasteiger partial charge in [0.15, 0.2) is 0 Å². The molecular weight excluding hydrogens is 330 g/mol. The van der Waals surface area contributed by atoms with Gasteiger partial charge in [-0.25, -0.2) is 8.78 Å². The molecule has 120 valence electrons. The first-order chi connectivity index (χ1) is 11.6. The number of benzene rings is 2. The van der Waals surface area contributed by atoms with Crippen LogP contribution in [0.15, 0.2) is 60.2 Å². The average molecular weight is 342 g/mol. The van der Waals surface area contributed by atoms with Crippen molar-refractivity contribution >= 4 is 29.0 Å². The predicted molar refractivity (Wildman–Crippen MR) is 91.6 cm³/mol. The lowest BCUT2D eigenvalue weighted by atomic mass is 10.0. The summed E-state index contributed by atoms with van der Waals surface area (Å²) < 4.78 is 27.8. The first-order valence-corrected chi connectivity index (χ1v) is 7.93. The Hall–Kier alpha value is -2.86. The molecule has 1 heterocycles. The fraction of sp³-hybridized carbons (Fsp3) is 0. The van der Waals surface area contributed by atoms with E-state index in [2.05, 4.69) is 10.3 Å². The van der Waals surface area contributed by atoms with Gasteiger partial charge >= 0.3 is 0 Å². The van der Waals surface area contributed by atoms with Crippen LogP contribution in [0.25, 0.3) is 17.2 Å². The van der Waals surface area contributed by atoms with Gasteiger partial charge in [-0.3, -0.25) is 9.78 Å². The van der Waals surface area contributed by atoms with E-state index in [-0.39, 0.29) is 11.3 Å². The van der Waals surface area contributed by atoms with E-state index in [4.69, 9.17) is 0 Å². The molecule has 0 aliphatic carbocycles. The summed E-state index contributed by atoms with van der Waals surface area (Å²) in [6.45, 7) is 0. The van der Waals surface area contributed by atoms with Crippen LogP contribution < -0.4 is 5.32 Å². The summed E-state index contributed by atoms with van der Waals surface area (Å²) in [6, 6.07) is 10.7. The molecule has 0 unspecified atom stereocenters. The van der Waals surface area contributed by atoms with Crippen molar-refractivity contribution in [1.29, 1.82) is 0 Å².